The summed E-state index contributed by atoms with van der Waals surface area (Å²) in [6.45, 7) is 2.07. The van der Waals surface area contributed by atoms with Crippen LogP contribution in [-0.4, -0.2) is 12.1 Å². The van der Waals surface area contributed by atoms with Crippen molar-refractivity contribution in [2.75, 3.05) is 12.4 Å². The van der Waals surface area contributed by atoms with Crippen molar-refractivity contribution < 1.29 is 4.74 Å². The van der Waals surface area contributed by atoms with E-state index in [1.165, 1.54) is 10.3 Å². The molecule has 0 radical (unpaired) electrons. The Labute approximate surface area is 129 Å². The van der Waals surface area contributed by atoms with Gasteiger partial charge in [-0.05, 0) is 52.7 Å². The van der Waals surface area contributed by atoms with Gasteiger partial charge < -0.3 is 10.1 Å². The third-order valence-corrected chi connectivity index (χ3v) is 4.55. The number of aryl methyl sites for hydroxylation is 1. The third kappa shape index (κ3) is 2.64. The van der Waals surface area contributed by atoms with Crippen LogP contribution in [-0.2, 0) is 0 Å². The van der Waals surface area contributed by atoms with Gasteiger partial charge in [0.05, 0.1) is 21.8 Å². The number of aromatic nitrogens is 1. The van der Waals surface area contributed by atoms with Crippen LogP contribution in [0.5, 0.6) is 5.75 Å². The molecule has 3 rings (SSSR count). The first-order chi connectivity index (χ1) is 9.65. The zero-order chi connectivity index (χ0) is 14.1. The van der Waals surface area contributed by atoms with E-state index >= 15 is 0 Å². The predicted molar refractivity (Wildman–Crippen MR) is 88.3 cm³/mol. The summed E-state index contributed by atoms with van der Waals surface area (Å²) >= 11 is 5.09. The molecular weight excluding hydrogens is 336 g/mol. The molecule has 5 heteroatoms. The number of rotatable bonds is 3. The number of benzene rings is 2. The van der Waals surface area contributed by atoms with Gasteiger partial charge in [0.2, 0.25) is 0 Å². The third-order valence-electron chi connectivity index (χ3n) is 2.95. The van der Waals surface area contributed by atoms with Crippen LogP contribution in [0.1, 0.15) is 5.56 Å². The van der Waals surface area contributed by atoms with Gasteiger partial charge in [-0.25, -0.2) is 4.98 Å². The number of halogens is 1. The Balaban J connectivity index is 1.92. The summed E-state index contributed by atoms with van der Waals surface area (Å²) in [7, 11) is 1.66. The van der Waals surface area contributed by atoms with Crippen molar-refractivity contribution in [1.82, 2.24) is 4.98 Å². The lowest BCUT2D eigenvalue weighted by Gasteiger charge is -2.07. The minimum atomic E-state index is 0.798. The van der Waals surface area contributed by atoms with Gasteiger partial charge in [-0.2, -0.15) is 0 Å². The van der Waals surface area contributed by atoms with Crippen molar-refractivity contribution in [1.29, 1.82) is 0 Å². The van der Waals surface area contributed by atoms with Crippen molar-refractivity contribution in [3.05, 3.63) is 46.4 Å². The monoisotopic (exact) mass is 348 g/mol. The molecular formula is C15H13BrN2OS. The molecule has 0 aliphatic carbocycles. The van der Waals surface area contributed by atoms with E-state index in [1.807, 2.05) is 18.2 Å². The lowest BCUT2D eigenvalue weighted by atomic mass is 10.2. The molecule has 0 unspecified atom stereocenters. The molecule has 0 atom stereocenters. The number of hydrogen-bond donors (Lipinski definition) is 1. The van der Waals surface area contributed by atoms with Gasteiger partial charge in [0.1, 0.15) is 5.75 Å². The highest BCUT2D eigenvalue weighted by Gasteiger charge is 2.06. The molecule has 0 aliphatic heterocycles. The molecule has 20 heavy (non-hydrogen) atoms. The molecule has 1 aromatic heterocycles. The number of fused-ring (bicyclic) bond motifs is 1. The van der Waals surface area contributed by atoms with Crippen molar-refractivity contribution in [2.24, 2.45) is 0 Å². The summed E-state index contributed by atoms with van der Waals surface area (Å²) in [4.78, 5) is 4.60. The lowest BCUT2D eigenvalue weighted by molar-refractivity contribution is 0.412. The van der Waals surface area contributed by atoms with Gasteiger partial charge in [0.25, 0.3) is 0 Å². The van der Waals surface area contributed by atoms with E-state index in [4.69, 9.17) is 4.74 Å². The van der Waals surface area contributed by atoms with Crippen LogP contribution in [0, 0.1) is 6.92 Å². The minimum absolute atomic E-state index is 0.798. The van der Waals surface area contributed by atoms with E-state index in [2.05, 4.69) is 51.4 Å². The predicted octanol–water partition coefficient (Wildman–Crippen LogP) is 5.12. The second kappa shape index (κ2) is 5.42. The Bertz CT molecular complexity index is 770. The maximum Gasteiger partial charge on any atom is 0.188 e. The van der Waals surface area contributed by atoms with Gasteiger partial charge in [0, 0.05) is 11.8 Å². The molecule has 0 aliphatic rings. The first-order valence-corrected chi connectivity index (χ1v) is 7.74. The molecule has 3 aromatic rings. The average molecular weight is 349 g/mol. The maximum absolute atomic E-state index is 5.29. The molecule has 0 fully saturated rings. The fraction of sp³-hybridized carbons (Fsp3) is 0.133. The summed E-state index contributed by atoms with van der Waals surface area (Å²) in [5.41, 5.74) is 3.21. The first-order valence-electron chi connectivity index (χ1n) is 6.13. The van der Waals surface area contributed by atoms with E-state index in [0.29, 0.717) is 0 Å². The number of methoxy groups -OCH3 is 1. The van der Waals surface area contributed by atoms with Crippen molar-refractivity contribution >= 4 is 48.3 Å². The number of anilines is 2. The van der Waals surface area contributed by atoms with Crippen molar-refractivity contribution in [3.8, 4) is 5.75 Å². The topological polar surface area (TPSA) is 34.1 Å². The fourth-order valence-corrected chi connectivity index (χ4v) is 3.23. The number of nitrogens with zero attached hydrogens (tertiary/aromatic N) is 1. The van der Waals surface area contributed by atoms with Gasteiger partial charge in [-0.15, -0.1) is 0 Å². The van der Waals surface area contributed by atoms with E-state index in [0.717, 1.165) is 26.6 Å². The lowest BCUT2D eigenvalue weighted by Crippen LogP contribution is -1.91. The van der Waals surface area contributed by atoms with E-state index in [-0.39, 0.29) is 0 Å². The maximum atomic E-state index is 5.29. The second-order valence-corrected chi connectivity index (χ2v) is 6.35. The number of hydrogen-bond acceptors (Lipinski definition) is 4. The summed E-state index contributed by atoms with van der Waals surface area (Å²) in [6.07, 6.45) is 0. The van der Waals surface area contributed by atoms with Crippen LogP contribution < -0.4 is 10.1 Å². The first kappa shape index (κ1) is 13.4. The Morgan fingerprint density at radius 3 is 2.85 bits per heavy atom. The standard InChI is InChI=1S/C15H13BrN2OS/c1-9-3-6-14-12(7-9)18-15(20-14)17-10-4-5-11(16)13(8-10)19-2/h3-8H,1-2H3,(H,17,18). The van der Waals surface area contributed by atoms with E-state index in [9.17, 15) is 0 Å². The molecule has 3 nitrogen and oxygen atoms in total. The quantitative estimate of drug-likeness (QED) is 0.713. The Kier molecular flexibility index (Phi) is 3.63. The summed E-state index contributed by atoms with van der Waals surface area (Å²) < 4.78 is 7.41. The Morgan fingerprint density at radius 2 is 2.05 bits per heavy atom. The zero-order valence-electron chi connectivity index (χ0n) is 11.1. The highest BCUT2D eigenvalue weighted by molar-refractivity contribution is 9.10. The molecule has 0 spiro atoms. The molecule has 102 valence electrons. The molecule has 0 saturated heterocycles. The van der Waals surface area contributed by atoms with Crippen LogP contribution in [0.2, 0.25) is 0 Å². The van der Waals surface area contributed by atoms with Crippen LogP contribution in [0.3, 0.4) is 0 Å². The summed E-state index contributed by atoms with van der Waals surface area (Å²) in [5, 5.41) is 4.21. The van der Waals surface area contributed by atoms with E-state index in [1.54, 1.807) is 18.4 Å². The van der Waals surface area contributed by atoms with Crippen molar-refractivity contribution in [2.45, 2.75) is 6.92 Å². The highest BCUT2D eigenvalue weighted by atomic mass is 79.9. The van der Waals surface area contributed by atoms with Gasteiger partial charge >= 0.3 is 0 Å². The summed E-state index contributed by atoms with van der Waals surface area (Å²) in [5.74, 6) is 0.798. The normalized spacial score (nSPS) is 10.8. The van der Waals surface area contributed by atoms with Gasteiger partial charge in [-0.1, -0.05) is 17.4 Å². The average Bonchev–Trinajstić information content (AvgIpc) is 2.82. The summed E-state index contributed by atoms with van der Waals surface area (Å²) in [6, 6.07) is 12.2. The molecule has 0 bridgehead atoms. The zero-order valence-corrected chi connectivity index (χ0v) is 13.5. The van der Waals surface area contributed by atoms with E-state index < -0.39 is 0 Å². The second-order valence-electron chi connectivity index (χ2n) is 4.46. The van der Waals surface area contributed by atoms with Crippen molar-refractivity contribution in [3.63, 3.8) is 0 Å². The van der Waals surface area contributed by atoms with Crippen LogP contribution in [0.25, 0.3) is 10.2 Å². The number of thiazole rings is 1. The Morgan fingerprint density at radius 1 is 1.20 bits per heavy atom. The smallest absolute Gasteiger partial charge is 0.188 e. The fourth-order valence-electron chi connectivity index (χ4n) is 1.95. The molecule has 2 aromatic carbocycles. The molecule has 0 amide bonds. The molecule has 1 N–H and O–H groups in total. The van der Waals surface area contributed by atoms with Gasteiger partial charge in [0.15, 0.2) is 5.13 Å². The number of nitrogens with one attached hydrogen (secondary N) is 1. The highest BCUT2D eigenvalue weighted by Crippen LogP contribution is 2.32. The van der Waals surface area contributed by atoms with Crippen LogP contribution in [0.4, 0.5) is 10.8 Å². The molecule has 1 heterocycles. The Hall–Kier alpha value is -1.59. The SMILES string of the molecule is COc1cc(Nc2nc3cc(C)ccc3s2)ccc1Br. The minimum Gasteiger partial charge on any atom is -0.495 e. The van der Waals surface area contributed by atoms with Gasteiger partial charge in [-0.3, -0.25) is 0 Å². The van der Waals surface area contributed by atoms with Crippen LogP contribution in [0.15, 0.2) is 40.9 Å². The van der Waals surface area contributed by atoms with Crippen LogP contribution >= 0.6 is 27.3 Å². The number of ether oxygens (including phenoxy) is 1. The largest absolute Gasteiger partial charge is 0.495 e. The molecule has 0 saturated carbocycles.